The Kier molecular flexibility index (Phi) is 2.50. The molecular formula is C4H7NO4. The largest absolute Gasteiger partial charge is 0.479 e. The van der Waals surface area contributed by atoms with Crippen molar-refractivity contribution in [1.29, 1.82) is 0 Å². The van der Waals surface area contributed by atoms with Gasteiger partial charge in [-0.05, 0) is 6.92 Å². The van der Waals surface area contributed by atoms with Gasteiger partial charge in [0.15, 0.2) is 6.10 Å². The Morgan fingerprint density at radius 3 is 2.22 bits per heavy atom. The summed E-state index contributed by atoms with van der Waals surface area (Å²) in [6.07, 6.45) is -2.24. The van der Waals surface area contributed by atoms with Crippen molar-refractivity contribution in [2.45, 2.75) is 13.0 Å². The Balaban J connectivity index is 3.63. The van der Waals surface area contributed by atoms with E-state index in [4.69, 9.17) is 5.11 Å². The molecule has 0 fully saturated rings. The van der Waals surface area contributed by atoms with E-state index in [-0.39, 0.29) is 0 Å². The van der Waals surface area contributed by atoms with Crippen molar-refractivity contribution >= 4 is 12.1 Å². The second kappa shape index (κ2) is 2.91. The van der Waals surface area contributed by atoms with Gasteiger partial charge in [-0.3, -0.25) is 0 Å². The number of carboxylic acids is 1. The topological polar surface area (TPSA) is 89.6 Å². The molecular weight excluding hydrogens is 126 g/mol. The number of ether oxygens (including phenoxy) is 1. The zero-order chi connectivity index (χ0) is 7.44. The number of carbonyl (C=O) groups is 2. The van der Waals surface area contributed by atoms with Crippen LogP contribution in [0.3, 0.4) is 0 Å². The molecule has 1 atom stereocenters. The van der Waals surface area contributed by atoms with Crippen LogP contribution in [0.5, 0.6) is 0 Å². The Hall–Kier alpha value is -1.26. The van der Waals surface area contributed by atoms with E-state index in [1.165, 1.54) is 6.92 Å². The standard InChI is InChI=1S/C4H7NO4/c1-2(3(6)7)9-4(5)8/h2H,1H3,(H2,5,8)(H,6,7)/t2-/m1/s1. The number of nitrogens with two attached hydrogens (primary N) is 1. The fraction of sp³-hybridized carbons (Fsp3) is 0.500. The SMILES string of the molecule is C[C@@H](OC(N)=O)C(=O)O. The summed E-state index contributed by atoms with van der Waals surface area (Å²) >= 11 is 0. The molecule has 0 aromatic carbocycles. The van der Waals surface area contributed by atoms with E-state index in [0.717, 1.165) is 0 Å². The van der Waals surface area contributed by atoms with Crippen LogP contribution in [-0.4, -0.2) is 23.3 Å². The molecule has 9 heavy (non-hydrogen) atoms. The molecule has 5 heteroatoms. The summed E-state index contributed by atoms with van der Waals surface area (Å²) in [5, 5.41) is 8.10. The first kappa shape index (κ1) is 7.74. The molecule has 0 saturated heterocycles. The molecule has 0 aliphatic rings. The number of primary amides is 1. The van der Waals surface area contributed by atoms with Crippen LogP contribution in [-0.2, 0) is 9.53 Å². The molecule has 3 N–H and O–H groups in total. The third kappa shape index (κ3) is 3.33. The summed E-state index contributed by atoms with van der Waals surface area (Å²) in [5.41, 5.74) is 4.51. The van der Waals surface area contributed by atoms with Gasteiger partial charge in [0.25, 0.3) is 0 Å². The predicted octanol–water partition coefficient (Wildman–Crippen LogP) is -0.445. The van der Waals surface area contributed by atoms with E-state index in [2.05, 4.69) is 10.5 Å². The Bertz CT molecular complexity index is 133. The van der Waals surface area contributed by atoms with Crippen LogP contribution in [0.2, 0.25) is 0 Å². The van der Waals surface area contributed by atoms with Gasteiger partial charge in [-0.2, -0.15) is 0 Å². The van der Waals surface area contributed by atoms with Crippen LogP contribution in [0.4, 0.5) is 4.79 Å². The third-order valence-electron chi connectivity index (χ3n) is 0.641. The van der Waals surface area contributed by atoms with E-state index in [0.29, 0.717) is 0 Å². The number of carboxylic acid groups (broad SMARTS) is 1. The maximum atomic E-state index is 9.90. The van der Waals surface area contributed by atoms with Crippen molar-refractivity contribution in [3.05, 3.63) is 0 Å². The molecule has 0 radical (unpaired) electrons. The van der Waals surface area contributed by atoms with Gasteiger partial charge in [0, 0.05) is 0 Å². The molecule has 52 valence electrons. The first-order valence-electron chi connectivity index (χ1n) is 2.23. The highest BCUT2D eigenvalue weighted by atomic mass is 16.6. The fourth-order valence-electron chi connectivity index (χ4n) is 0.225. The van der Waals surface area contributed by atoms with E-state index in [9.17, 15) is 9.59 Å². The summed E-state index contributed by atoms with van der Waals surface area (Å²) in [4.78, 5) is 19.8. The summed E-state index contributed by atoms with van der Waals surface area (Å²) in [6.45, 7) is 1.22. The van der Waals surface area contributed by atoms with Crippen LogP contribution in [0.25, 0.3) is 0 Å². The molecule has 0 saturated carbocycles. The summed E-state index contributed by atoms with van der Waals surface area (Å²) in [7, 11) is 0. The molecule has 5 nitrogen and oxygen atoms in total. The van der Waals surface area contributed by atoms with Gasteiger partial charge >= 0.3 is 12.1 Å². The average molecular weight is 133 g/mol. The Labute approximate surface area is 51.4 Å². The first-order valence-corrected chi connectivity index (χ1v) is 2.23. The molecule has 0 aromatic rings. The number of aliphatic carboxylic acids is 1. The minimum atomic E-state index is -1.21. The van der Waals surface area contributed by atoms with Gasteiger partial charge in [-0.1, -0.05) is 0 Å². The van der Waals surface area contributed by atoms with Crippen molar-refractivity contribution < 1.29 is 19.4 Å². The number of rotatable bonds is 2. The summed E-state index contributed by atoms with van der Waals surface area (Å²) in [6, 6.07) is 0. The second-order valence-electron chi connectivity index (χ2n) is 1.42. The Morgan fingerprint density at radius 1 is 1.67 bits per heavy atom. The molecule has 0 aliphatic carbocycles. The number of carbonyl (C=O) groups excluding carboxylic acids is 1. The van der Waals surface area contributed by atoms with Gasteiger partial charge in [0.2, 0.25) is 0 Å². The van der Waals surface area contributed by atoms with Crippen molar-refractivity contribution in [3.63, 3.8) is 0 Å². The van der Waals surface area contributed by atoms with Crippen LogP contribution in [0, 0.1) is 0 Å². The normalized spacial score (nSPS) is 12.1. The molecule has 0 bridgehead atoms. The average Bonchev–Trinajstić information content (AvgIpc) is 1.63. The lowest BCUT2D eigenvalue weighted by molar-refractivity contribution is -0.145. The highest BCUT2D eigenvalue weighted by molar-refractivity contribution is 5.76. The van der Waals surface area contributed by atoms with Crippen molar-refractivity contribution in [2.24, 2.45) is 5.73 Å². The summed E-state index contributed by atoms with van der Waals surface area (Å²) in [5.74, 6) is -1.21. The minimum Gasteiger partial charge on any atom is -0.479 e. The predicted molar refractivity (Wildman–Crippen MR) is 27.8 cm³/mol. The molecule has 0 aromatic heterocycles. The van der Waals surface area contributed by atoms with Crippen molar-refractivity contribution in [2.75, 3.05) is 0 Å². The molecule has 1 amide bonds. The zero-order valence-corrected chi connectivity index (χ0v) is 4.83. The molecule has 0 unspecified atom stereocenters. The molecule has 0 rings (SSSR count). The van der Waals surface area contributed by atoms with Crippen molar-refractivity contribution in [3.8, 4) is 0 Å². The smallest absolute Gasteiger partial charge is 0.405 e. The van der Waals surface area contributed by atoms with E-state index in [1.54, 1.807) is 0 Å². The van der Waals surface area contributed by atoms with Crippen molar-refractivity contribution in [1.82, 2.24) is 0 Å². The van der Waals surface area contributed by atoms with Gasteiger partial charge in [0.1, 0.15) is 0 Å². The maximum Gasteiger partial charge on any atom is 0.405 e. The van der Waals surface area contributed by atoms with Gasteiger partial charge in [-0.25, -0.2) is 9.59 Å². The second-order valence-corrected chi connectivity index (χ2v) is 1.42. The van der Waals surface area contributed by atoms with Crippen LogP contribution in [0.15, 0.2) is 0 Å². The number of hydrogen-bond donors (Lipinski definition) is 2. The Morgan fingerprint density at radius 2 is 2.11 bits per heavy atom. The lowest BCUT2D eigenvalue weighted by atomic mass is 10.4. The number of amides is 1. The molecule has 0 spiro atoms. The minimum absolute atomic E-state index is 1.08. The fourth-order valence-corrected chi connectivity index (χ4v) is 0.225. The van der Waals surface area contributed by atoms with Crippen LogP contribution >= 0.6 is 0 Å². The van der Waals surface area contributed by atoms with E-state index in [1.807, 2.05) is 0 Å². The lowest BCUT2D eigenvalue weighted by Crippen LogP contribution is -2.26. The maximum absolute atomic E-state index is 9.90. The number of hydrogen-bond acceptors (Lipinski definition) is 3. The van der Waals surface area contributed by atoms with E-state index < -0.39 is 18.2 Å². The monoisotopic (exact) mass is 133 g/mol. The van der Waals surface area contributed by atoms with Gasteiger partial charge in [0.05, 0.1) is 0 Å². The summed E-state index contributed by atoms with van der Waals surface area (Å²) < 4.78 is 4.05. The molecule has 0 aliphatic heterocycles. The highest BCUT2D eigenvalue weighted by Crippen LogP contribution is 1.88. The van der Waals surface area contributed by atoms with Gasteiger partial charge < -0.3 is 15.6 Å². The first-order chi connectivity index (χ1) is 4.04. The zero-order valence-electron chi connectivity index (χ0n) is 4.83. The van der Waals surface area contributed by atoms with Crippen LogP contribution < -0.4 is 5.73 Å². The lowest BCUT2D eigenvalue weighted by Gasteiger charge is -2.03. The third-order valence-corrected chi connectivity index (χ3v) is 0.641. The highest BCUT2D eigenvalue weighted by Gasteiger charge is 2.12. The molecule has 0 heterocycles. The van der Waals surface area contributed by atoms with E-state index >= 15 is 0 Å². The van der Waals surface area contributed by atoms with Gasteiger partial charge in [-0.15, -0.1) is 0 Å². The van der Waals surface area contributed by atoms with Crippen LogP contribution in [0.1, 0.15) is 6.92 Å². The quantitative estimate of drug-likeness (QED) is 0.534.